The Morgan fingerprint density at radius 3 is 2.86 bits per heavy atom. The van der Waals surface area contributed by atoms with E-state index in [1.54, 1.807) is 24.5 Å². The number of aliphatic hydroxyl groups excluding tert-OH is 1. The van der Waals surface area contributed by atoms with Gasteiger partial charge >= 0.3 is 6.09 Å². The highest BCUT2D eigenvalue weighted by atomic mass is 16.4. The quantitative estimate of drug-likeness (QED) is 0.737. The highest BCUT2D eigenvalue weighted by molar-refractivity contribution is 5.64. The Bertz CT molecular complexity index is 289. The van der Waals surface area contributed by atoms with E-state index in [1.165, 1.54) is 0 Å². The van der Waals surface area contributed by atoms with Crippen LogP contribution in [0.4, 0.5) is 4.79 Å². The van der Waals surface area contributed by atoms with Crippen molar-refractivity contribution in [1.82, 2.24) is 9.88 Å². The first-order valence-electron chi connectivity index (χ1n) is 4.21. The van der Waals surface area contributed by atoms with Crippen LogP contribution in [0.15, 0.2) is 24.5 Å². The van der Waals surface area contributed by atoms with Crippen LogP contribution < -0.4 is 0 Å². The second kappa shape index (κ2) is 5.18. The number of rotatable bonds is 4. The van der Waals surface area contributed by atoms with Gasteiger partial charge in [-0.1, -0.05) is 6.07 Å². The van der Waals surface area contributed by atoms with Crippen LogP contribution in [0.25, 0.3) is 0 Å². The predicted molar refractivity (Wildman–Crippen MR) is 49.8 cm³/mol. The van der Waals surface area contributed by atoms with Gasteiger partial charge in [0.15, 0.2) is 0 Å². The lowest BCUT2D eigenvalue weighted by Gasteiger charge is -2.17. The molecule has 1 aromatic heterocycles. The summed E-state index contributed by atoms with van der Waals surface area (Å²) in [6, 6.07) is 3.54. The Balaban J connectivity index is 2.60. The lowest BCUT2D eigenvalue weighted by Crippen LogP contribution is -2.31. The molecule has 5 heteroatoms. The number of aliphatic hydroxyl groups is 1. The van der Waals surface area contributed by atoms with E-state index >= 15 is 0 Å². The molecule has 1 rings (SSSR count). The Hall–Kier alpha value is -1.62. The molecule has 0 unspecified atom stereocenters. The van der Waals surface area contributed by atoms with E-state index in [2.05, 4.69) is 4.98 Å². The van der Waals surface area contributed by atoms with Crippen LogP contribution in [-0.2, 0) is 6.54 Å². The molecular formula is C9H12N2O3. The van der Waals surface area contributed by atoms with Crippen molar-refractivity contribution in [2.45, 2.75) is 6.54 Å². The zero-order valence-corrected chi connectivity index (χ0v) is 7.63. The molecule has 0 aliphatic rings. The van der Waals surface area contributed by atoms with Crippen LogP contribution in [0.1, 0.15) is 5.56 Å². The summed E-state index contributed by atoms with van der Waals surface area (Å²) in [5, 5.41) is 17.4. The second-order valence-electron chi connectivity index (χ2n) is 2.79. The van der Waals surface area contributed by atoms with Gasteiger partial charge in [-0.25, -0.2) is 4.79 Å². The van der Waals surface area contributed by atoms with Gasteiger partial charge in [0.2, 0.25) is 0 Å². The molecule has 0 saturated carbocycles. The Kier molecular flexibility index (Phi) is 3.87. The zero-order chi connectivity index (χ0) is 10.4. The van der Waals surface area contributed by atoms with Crippen molar-refractivity contribution >= 4 is 6.09 Å². The topological polar surface area (TPSA) is 73.7 Å². The maximum atomic E-state index is 10.7. The Morgan fingerprint density at radius 1 is 1.57 bits per heavy atom. The number of nitrogens with zero attached hydrogens (tertiary/aromatic N) is 2. The normalized spacial score (nSPS) is 9.79. The van der Waals surface area contributed by atoms with Gasteiger partial charge in [0.1, 0.15) is 0 Å². The zero-order valence-electron chi connectivity index (χ0n) is 7.63. The molecular weight excluding hydrogens is 184 g/mol. The number of amides is 1. The van der Waals surface area contributed by atoms with Crippen molar-refractivity contribution in [1.29, 1.82) is 0 Å². The van der Waals surface area contributed by atoms with E-state index in [-0.39, 0.29) is 19.7 Å². The minimum atomic E-state index is -1.04. The molecule has 1 amide bonds. The van der Waals surface area contributed by atoms with Gasteiger partial charge < -0.3 is 15.1 Å². The fourth-order valence-electron chi connectivity index (χ4n) is 1.08. The summed E-state index contributed by atoms with van der Waals surface area (Å²) in [6.07, 6.45) is 2.19. The number of aromatic nitrogens is 1. The van der Waals surface area contributed by atoms with Crippen molar-refractivity contribution in [2.75, 3.05) is 13.2 Å². The first-order valence-corrected chi connectivity index (χ1v) is 4.21. The predicted octanol–water partition coefficient (Wildman–Crippen LogP) is 0.554. The summed E-state index contributed by atoms with van der Waals surface area (Å²) in [5.74, 6) is 0. The summed E-state index contributed by atoms with van der Waals surface area (Å²) in [6.45, 7) is 0.195. The van der Waals surface area contributed by atoms with Gasteiger partial charge in [-0.05, 0) is 11.6 Å². The molecule has 0 atom stereocenters. The van der Waals surface area contributed by atoms with Crippen LogP contribution in [0, 0.1) is 0 Å². The van der Waals surface area contributed by atoms with E-state index in [9.17, 15) is 4.79 Å². The monoisotopic (exact) mass is 196 g/mol. The van der Waals surface area contributed by atoms with E-state index in [0.29, 0.717) is 0 Å². The molecule has 0 aliphatic heterocycles. The van der Waals surface area contributed by atoms with Crippen molar-refractivity contribution in [3.8, 4) is 0 Å². The molecule has 1 heterocycles. The second-order valence-corrected chi connectivity index (χ2v) is 2.79. The van der Waals surface area contributed by atoms with Gasteiger partial charge in [0, 0.05) is 18.9 Å². The van der Waals surface area contributed by atoms with E-state index in [4.69, 9.17) is 10.2 Å². The van der Waals surface area contributed by atoms with Crippen molar-refractivity contribution in [3.05, 3.63) is 30.1 Å². The Morgan fingerprint density at radius 2 is 2.36 bits per heavy atom. The van der Waals surface area contributed by atoms with Gasteiger partial charge in [-0.2, -0.15) is 0 Å². The number of carbonyl (C=O) groups is 1. The molecule has 5 nitrogen and oxygen atoms in total. The average Bonchev–Trinajstić information content (AvgIpc) is 2.18. The largest absolute Gasteiger partial charge is 0.465 e. The molecule has 0 radical (unpaired) electrons. The van der Waals surface area contributed by atoms with Crippen LogP contribution >= 0.6 is 0 Å². The number of carboxylic acid groups (broad SMARTS) is 1. The fourth-order valence-corrected chi connectivity index (χ4v) is 1.08. The maximum absolute atomic E-state index is 10.7. The maximum Gasteiger partial charge on any atom is 0.407 e. The number of hydrogen-bond donors (Lipinski definition) is 2. The lowest BCUT2D eigenvalue weighted by molar-refractivity contribution is 0.129. The van der Waals surface area contributed by atoms with Gasteiger partial charge in [-0.3, -0.25) is 4.98 Å². The molecule has 0 aromatic carbocycles. The molecule has 0 spiro atoms. The first kappa shape index (κ1) is 10.5. The van der Waals surface area contributed by atoms with Crippen LogP contribution in [0.5, 0.6) is 0 Å². The van der Waals surface area contributed by atoms with Gasteiger partial charge in [-0.15, -0.1) is 0 Å². The minimum absolute atomic E-state index is 0.115. The average molecular weight is 196 g/mol. The minimum Gasteiger partial charge on any atom is -0.465 e. The molecule has 76 valence electrons. The smallest absolute Gasteiger partial charge is 0.407 e. The lowest BCUT2D eigenvalue weighted by atomic mass is 10.3. The molecule has 1 aromatic rings. The summed E-state index contributed by atoms with van der Waals surface area (Å²) < 4.78 is 0. The third-order valence-corrected chi connectivity index (χ3v) is 1.74. The van der Waals surface area contributed by atoms with E-state index in [1.807, 2.05) is 0 Å². The highest BCUT2D eigenvalue weighted by Crippen LogP contribution is 2.02. The molecule has 0 fully saturated rings. The van der Waals surface area contributed by atoms with Crippen molar-refractivity contribution < 1.29 is 15.0 Å². The molecule has 14 heavy (non-hydrogen) atoms. The molecule has 2 N–H and O–H groups in total. The van der Waals surface area contributed by atoms with E-state index < -0.39 is 6.09 Å². The van der Waals surface area contributed by atoms with Crippen molar-refractivity contribution in [2.24, 2.45) is 0 Å². The summed E-state index contributed by atoms with van der Waals surface area (Å²) in [4.78, 5) is 15.7. The summed E-state index contributed by atoms with van der Waals surface area (Å²) in [7, 11) is 0. The van der Waals surface area contributed by atoms with Gasteiger partial charge in [0.05, 0.1) is 13.2 Å². The summed E-state index contributed by atoms with van der Waals surface area (Å²) in [5.41, 5.74) is 0.809. The van der Waals surface area contributed by atoms with E-state index in [0.717, 1.165) is 10.5 Å². The number of hydrogen-bond acceptors (Lipinski definition) is 3. The third-order valence-electron chi connectivity index (χ3n) is 1.74. The fraction of sp³-hybridized carbons (Fsp3) is 0.333. The van der Waals surface area contributed by atoms with Gasteiger partial charge in [0.25, 0.3) is 0 Å². The first-order chi connectivity index (χ1) is 6.74. The highest BCUT2D eigenvalue weighted by Gasteiger charge is 2.10. The molecule has 0 bridgehead atoms. The third kappa shape index (κ3) is 3.02. The van der Waals surface area contributed by atoms with Crippen LogP contribution in [0.3, 0.4) is 0 Å². The summed E-state index contributed by atoms with van der Waals surface area (Å²) >= 11 is 0. The van der Waals surface area contributed by atoms with Crippen LogP contribution in [-0.4, -0.2) is 39.3 Å². The molecule has 0 saturated heterocycles. The SMILES string of the molecule is O=C(O)N(CCO)Cc1cccnc1. The molecule has 0 aliphatic carbocycles. The van der Waals surface area contributed by atoms with Crippen molar-refractivity contribution in [3.63, 3.8) is 0 Å². The number of pyridine rings is 1. The standard InChI is InChI=1S/C9H12N2O3/c12-5-4-11(9(13)14)7-8-2-1-3-10-6-8/h1-3,6,12H,4-5,7H2,(H,13,14). The Labute approximate surface area is 81.6 Å². The van der Waals surface area contributed by atoms with Crippen LogP contribution in [0.2, 0.25) is 0 Å².